The smallest absolute Gasteiger partial charge is 0.339 e. The van der Waals surface area contributed by atoms with Crippen LogP contribution in [0.5, 0.6) is 0 Å². The molecule has 0 amide bonds. The van der Waals surface area contributed by atoms with E-state index in [9.17, 15) is 14.4 Å². The number of aryl methyl sites for hydroxylation is 1. The number of aromatic nitrogens is 1. The SMILES string of the molecule is CC(C)(C)OC(=O)c1cc(=O)n(CCc2ccccc2)c(-c2ccccc2)c1C(=O)c1ccccc1. The third-order valence-corrected chi connectivity index (χ3v) is 5.71. The predicted molar refractivity (Wildman–Crippen MR) is 141 cm³/mol. The van der Waals surface area contributed by atoms with E-state index in [0.717, 1.165) is 5.56 Å². The lowest BCUT2D eigenvalue weighted by atomic mass is 9.93. The summed E-state index contributed by atoms with van der Waals surface area (Å²) in [4.78, 5) is 40.7. The lowest BCUT2D eigenvalue weighted by Crippen LogP contribution is -2.31. The van der Waals surface area contributed by atoms with Gasteiger partial charge in [-0.1, -0.05) is 91.0 Å². The predicted octanol–water partition coefficient (Wildman–Crippen LogP) is 5.94. The topological polar surface area (TPSA) is 65.4 Å². The van der Waals surface area contributed by atoms with Crippen LogP contribution in [0.15, 0.2) is 102 Å². The molecule has 0 radical (unpaired) electrons. The Morgan fingerprint density at radius 2 is 1.36 bits per heavy atom. The number of esters is 1. The molecule has 0 unspecified atom stereocenters. The zero-order chi connectivity index (χ0) is 25.7. The Bertz CT molecular complexity index is 1420. The molecule has 0 saturated carbocycles. The Balaban J connectivity index is 1.98. The maximum atomic E-state index is 13.9. The van der Waals surface area contributed by atoms with E-state index in [-0.39, 0.29) is 22.5 Å². The molecule has 0 spiro atoms. The summed E-state index contributed by atoms with van der Waals surface area (Å²) in [5, 5.41) is 0. The molecule has 3 aromatic carbocycles. The molecule has 0 bridgehead atoms. The van der Waals surface area contributed by atoms with Gasteiger partial charge in [-0.05, 0) is 38.3 Å². The van der Waals surface area contributed by atoms with Crippen LogP contribution in [0.2, 0.25) is 0 Å². The van der Waals surface area contributed by atoms with Crippen molar-refractivity contribution in [3.63, 3.8) is 0 Å². The Labute approximate surface area is 211 Å². The number of benzene rings is 3. The van der Waals surface area contributed by atoms with Crippen LogP contribution in [0.25, 0.3) is 11.3 Å². The second kappa shape index (κ2) is 10.6. The van der Waals surface area contributed by atoms with Crippen molar-refractivity contribution in [2.45, 2.75) is 39.3 Å². The van der Waals surface area contributed by atoms with Crippen molar-refractivity contribution in [2.75, 3.05) is 0 Å². The van der Waals surface area contributed by atoms with Gasteiger partial charge in [0.2, 0.25) is 0 Å². The lowest BCUT2D eigenvalue weighted by Gasteiger charge is -2.23. The number of carbonyl (C=O) groups is 2. The number of carbonyl (C=O) groups excluding carboxylic acids is 2. The largest absolute Gasteiger partial charge is 0.456 e. The second-order valence-electron chi connectivity index (χ2n) is 9.57. The van der Waals surface area contributed by atoms with Crippen molar-refractivity contribution in [2.24, 2.45) is 0 Å². The normalized spacial score (nSPS) is 11.2. The van der Waals surface area contributed by atoms with Gasteiger partial charge in [-0.25, -0.2) is 4.79 Å². The molecule has 4 rings (SSSR count). The summed E-state index contributed by atoms with van der Waals surface area (Å²) in [6.45, 7) is 5.60. The van der Waals surface area contributed by atoms with E-state index in [2.05, 4.69) is 0 Å². The van der Waals surface area contributed by atoms with Gasteiger partial charge in [0.15, 0.2) is 5.78 Å². The number of ketones is 1. The summed E-state index contributed by atoms with van der Waals surface area (Å²) in [5.41, 5.74) is 1.55. The minimum atomic E-state index is -0.792. The first-order chi connectivity index (χ1) is 17.2. The van der Waals surface area contributed by atoms with Crippen molar-refractivity contribution in [3.05, 3.63) is 130 Å². The Morgan fingerprint density at radius 3 is 1.94 bits per heavy atom. The molecule has 5 nitrogen and oxygen atoms in total. The molecule has 0 fully saturated rings. The average Bonchev–Trinajstić information content (AvgIpc) is 2.87. The molecule has 0 N–H and O–H groups in total. The van der Waals surface area contributed by atoms with E-state index in [1.54, 1.807) is 49.6 Å². The molecule has 0 aliphatic carbocycles. The monoisotopic (exact) mass is 479 g/mol. The first-order valence-corrected chi connectivity index (χ1v) is 11.9. The summed E-state index contributed by atoms with van der Waals surface area (Å²) in [6, 6.07) is 29.1. The highest BCUT2D eigenvalue weighted by molar-refractivity contribution is 6.17. The molecular formula is C31H29NO4. The highest BCUT2D eigenvalue weighted by atomic mass is 16.6. The molecule has 36 heavy (non-hydrogen) atoms. The van der Waals surface area contributed by atoms with E-state index in [1.165, 1.54) is 6.07 Å². The van der Waals surface area contributed by atoms with Crippen LogP contribution in [-0.2, 0) is 17.7 Å². The molecular weight excluding hydrogens is 450 g/mol. The number of rotatable bonds is 7. The van der Waals surface area contributed by atoms with Crippen LogP contribution in [0, 0.1) is 0 Å². The average molecular weight is 480 g/mol. The highest BCUT2D eigenvalue weighted by Crippen LogP contribution is 2.29. The molecule has 1 aromatic heterocycles. The van der Waals surface area contributed by atoms with Crippen molar-refractivity contribution in [1.29, 1.82) is 0 Å². The Kier molecular flexibility index (Phi) is 7.30. The Morgan fingerprint density at radius 1 is 0.806 bits per heavy atom. The molecule has 5 heteroatoms. The van der Waals surface area contributed by atoms with Gasteiger partial charge < -0.3 is 9.30 Å². The van der Waals surface area contributed by atoms with Crippen molar-refractivity contribution in [1.82, 2.24) is 4.57 Å². The van der Waals surface area contributed by atoms with Gasteiger partial charge in [0.05, 0.1) is 16.8 Å². The summed E-state index contributed by atoms with van der Waals surface area (Å²) >= 11 is 0. The van der Waals surface area contributed by atoms with Gasteiger partial charge in [0, 0.05) is 18.2 Å². The zero-order valence-corrected chi connectivity index (χ0v) is 20.7. The molecule has 0 aliphatic rings. The minimum absolute atomic E-state index is 0.0291. The first kappa shape index (κ1) is 24.9. The van der Waals surface area contributed by atoms with Crippen LogP contribution in [0.1, 0.15) is 52.6 Å². The minimum Gasteiger partial charge on any atom is -0.456 e. The third kappa shape index (κ3) is 5.69. The zero-order valence-electron chi connectivity index (χ0n) is 20.7. The highest BCUT2D eigenvalue weighted by Gasteiger charge is 2.29. The van der Waals surface area contributed by atoms with E-state index in [1.807, 2.05) is 66.7 Å². The van der Waals surface area contributed by atoms with Crippen molar-refractivity contribution < 1.29 is 14.3 Å². The van der Waals surface area contributed by atoms with E-state index >= 15 is 0 Å². The van der Waals surface area contributed by atoms with Gasteiger partial charge in [-0.3, -0.25) is 9.59 Å². The standard InChI is InChI=1S/C31H29NO4/c1-31(2,3)36-30(35)25-21-26(33)32(20-19-22-13-7-4-8-14-22)28(23-15-9-5-10-16-23)27(25)29(34)24-17-11-6-12-18-24/h4-18,21H,19-20H2,1-3H3. The fraction of sp³-hybridized carbons (Fsp3) is 0.194. The van der Waals surface area contributed by atoms with Crippen molar-refractivity contribution in [3.8, 4) is 11.3 Å². The van der Waals surface area contributed by atoms with Gasteiger partial charge in [-0.2, -0.15) is 0 Å². The Hall–Kier alpha value is -4.25. The number of hydrogen-bond donors (Lipinski definition) is 0. The lowest BCUT2D eigenvalue weighted by molar-refractivity contribution is 0.00675. The quantitative estimate of drug-likeness (QED) is 0.243. The summed E-state index contributed by atoms with van der Waals surface area (Å²) < 4.78 is 7.22. The van der Waals surface area contributed by atoms with Gasteiger partial charge in [-0.15, -0.1) is 0 Å². The maximum absolute atomic E-state index is 13.9. The molecule has 0 saturated heterocycles. The number of hydrogen-bond acceptors (Lipinski definition) is 4. The van der Waals surface area contributed by atoms with Crippen LogP contribution in [0.3, 0.4) is 0 Å². The number of pyridine rings is 1. The summed E-state index contributed by atoms with van der Waals surface area (Å²) in [6.07, 6.45) is 0.589. The number of nitrogens with zero attached hydrogens (tertiary/aromatic N) is 1. The molecule has 1 heterocycles. The molecule has 0 atom stereocenters. The first-order valence-electron chi connectivity index (χ1n) is 11.9. The van der Waals surface area contributed by atoms with E-state index in [4.69, 9.17) is 4.74 Å². The van der Waals surface area contributed by atoms with Gasteiger partial charge >= 0.3 is 5.97 Å². The number of ether oxygens (including phenoxy) is 1. The maximum Gasteiger partial charge on any atom is 0.339 e. The molecule has 182 valence electrons. The van der Waals surface area contributed by atoms with Crippen LogP contribution in [-0.4, -0.2) is 21.9 Å². The van der Waals surface area contributed by atoms with Gasteiger partial charge in [0.1, 0.15) is 5.60 Å². The summed E-state index contributed by atoms with van der Waals surface area (Å²) in [5.74, 6) is -1.05. The second-order valence-corrected chi connectivity index (χ2v) is 9.57. The van der Waals surface area contributed by atoms with Crippen LogP contribution in [0.4, 0.5) is 0 Å². The summed E-state index contributed by atoms with van der Waals surface area (Å²) in [7, 11) is 0. The van der Waals surface area contributed by atoms with E-state index < -0.39 is 11.6 Å². The van der Waals surface area contributed by atoms with Gasteiger partial charge in [0.25, 0.3) is 5.56 Å². The third-order valence-electron chi connectivity index (χ3n) is 5.71. The molecule has 4 aromatic rings. The molecule has 0 aliphatic heterocycles. The fourth-order valence-electron chi connectivity index (χ4n) is 4.11. The van der Waals surface area contributed by atoms with Crippen LogP contribution >= 0.6 is 0 Å². The van der Waals surface area contributed by atoms with Crippen molar-refractivity contribution >= 4 is 11.8 Å². The van der Waals surface area contributed by atoms with E-state index in [0.29, 0.717) is 29.8 Å². The van der Waals surface area contributed by atoms with Crippen LogP contribution < -0.4 is 5.56 Å². The fourth-order valence-corrected chi connectivity index (χ4v) is 4.11.